The molecule has 5 rings (SSSR count). The predicted octanol–water partition coefficient (Wildman–Crippen LogP) is 4.00. The van der Waals surface area contributed by atoms with Gasteiger partial charge in [0, 0.05) is 11.1 Å². The first-order valence-corrected chi connectivity index (χ1v) is 12.7. The van der Waals surface area contributed by atoms with Gasteiger partial charge in [0.1, 0.15) is 0 Å². The molecule has 0 aliphatic rings. The molecule has 5 aromatic carbocycles. The molecule has 0 saturated heterocycles. The summed E-state index contributed by atoms with van der Waals surface area (Å²) in [5.74, 6) is -1.77. The normalized spacial score (nSPS) is 10.6. The second-order valence-electron chi connectivity index (χ2n) is 9.21. The summed E-state index contributed by atoms with van der Waals surface area (Å²) in [5.41, 5.74) is 11.9. The van der Waals surface area contributed by atoms with Crippen LogP contribution in [0.25, 0.3) is 21.5 Å². The van der Waals surface area contributed by atoms with Crippen LogP contribution in [0.5, 0.6) is 0 Å². The Morgan fingerprint density at radius 3 is 1.23 bits per heavy atom. The van der Waals surface area contributed by atoms with Gasteiger partial charge in [-0.05, 0) is 56.9 Å². The summed E-state index contributed by atoms with van der Waals surface area (Å²) >= 11 is 0. The van der Waals surface area contributed by atoms with Crippen molar-refractivity contribution in [2.75, 3.05) is 0 Å². The number of carbonyl (C=O) groups excluding carboxylic acids is 4. The van der Waals surface area contributed by atoms with Gasteiger partial charge in [0.05, 0.1) is 12.8 Å². The van der Waals surface area contributed by atoms with Crippen molar-refractivity contribution in [2.45, 2.75) is 12.8 Å². The Bertz CT molecular complexity index is 1590. The Kier molecular flexibility index (Phi) is 7.78. The van der Waals surface area contributed by atoms with E-state index in [2.05, 4.69) is 21.7 Å². The maximum atomic E-state index is 12.5. The number of carbonyl (C=O) groups is 4. The van der Waals surface area contributed by atoms with E-state index in [-0.39, 0.29) is 35.8 Å². The minimum absolute atomic E-state index is 0.104. The van der Waals surface area contributed by atoms with E-state index >= 15 is 0 Å². The van der Waals surface area contributed by atoms with Crippen LogP contribution in [0, 0.1) is 0 Å². The fraction of sp³-hybridized carbons (Fsp3) is 0.0625. The van der Waals surface area contributed by atoms with E-state index in [1.807, 2.05) is 84.9 Å². The smallest absolute Gasteiger partial charge is 0.269 e. The molecule has 0 aromatic heterocycles. The first-order chi connectivity index (χ1) is 19.5. The number of hydrogen-bond acceptors (Lipinski definition) is 4. The van der Waals surface area contributed by atoms with Crippen LogP contribution in [-0.4, -0.2) is 23.6 Å². The van der Waals surface area contributed by atoms with Crippen LogP contribution in [0.1, 0.15) is 31.8 Å². The van der Waals surface area contributed by atoms with Gasteiger partial charge in [-0.3, -0.25) is 40.9 Å². The first kappa shape index (κ1) is 26.1. The van der Waals surface area contributed by atoms with Crippen LogP contribution >= 0.6 is 0 Å². The minimum atomic E-state index is -0.526. The predicted molar refractivity (Wildman–Crippen MR) is 153 cm³/mol. The second-order valence-corrected chi connectivity index (χ2v) is 9.21. The molecule has 0 radical (unpaired) electrons. The molecule has 0 unspecified atom stereocenters. The maximum Gasteiger partial charge on any atom is 0.269 e. The summed E-state index contributed by atoms with van der Waals surface area (Å²) in [5, 5.41) is 4.02. The van der Waals surface area contributed by atoms with E-state index in [0.29, 0.717) is 0 Å². The number of benzene rings is 5. The molecule has 0 atom stereocenters. The number of nitrogens with one attached hydrogen (secondary N) is 4. The van der Waals surface area contributed by atoms with Crippen LogP contribution in [0.15, 0.2) is 109 Å². The highest BCUT2D eigenvalue weighted by atomic mass is 16.2. The van der Waals surface area contributed by atoms with Crippen LogP contribution in [-0.2, 0) is 22.4 Å². The van der Waals surface area contributed by atoms with Gasteiger partial charge in [0.15, 0.2) is 0 Å². The zero-order valence-electron chi connectivity index (χ0n) is 21.4. The van der Waals surface area contributed by atoms with E-state index in [4.69, 9.17) is 0 Å². The molecule has 40 heavy (non-hydrogen) atoms. The Hall–Kier alpha value is -5.50. The Balaban J connectivity index is 1.10. The van der Waals surface area contributed by atoms with E-state index in [1.165, 1.54) is 24.3 Å². The Morgan fingerprint density at radius 2 is 0.800 bits per heavy atom. The maximum absolute atomic E-state index is 12.5. The third kappa shape index (κ3) is 6.14. The average Bonchev–Trinajstić information content (AvgIpc) is 2.99. The molecular weight excluding hydrogens is 504 g/mol. The number of amides is 4. The summed E-state index contributed by atoms with van der Waals surface area (Å²) in [4.78, 5) is 49.8. The Morgan fingerprint density at radius 1 is 0.425 bits per heavy atom. The van der Waals surface area contributed by atoms with E-state index < -0.39 is 11.8 Å². The molecule has 0 aliphatic carbocycles. The van der Waals surface area contributed by atoms with E-state index in [1.54, 1.807) is 0 Å². The van der Waals surface area contributed by atoms with Crippen molar-refractivity contribution >= 4 is 45.2 Å². The molecule has 8 heteroatoms. The third-order valence-electron chi connectivity index (χ3n) is 6.50. The van der Waals surface area contributed by atoms with Crippen LogP contribution < -0.4 is 21.7 Å². The standard InChI is InChI=1S/C32H26N4O4/c37-29(19-25-11-5-9-21-7-1-3-13-27(21)25)33-35-31(39)23-15-17-24(18-16-23)32(40)36-34-30(38)20-26-12-6-10-22-8-2-4-14-28(22)26/h1-18H,19-20H2,(H,33,37)(H,34,38)(H,35,39)(H,36,40). The van der Waals surface area contributed by atoms with Crippen molar-refractivity contribution in [3.8, 4) is 0 Å². The van der Waals surface area contributed by atoms with Gasteiger partial charge < -0.3 is 0 Å². The number of hydrogen-bond donors (Lipinski definition) is 4. The van der Waals surface area contributed by atoms with Gasteiger partial charge in [-0.25, -0.2) is 0 Å². The van der Waals surface area contributed by atoms with Crippen molar-refractivity contribution in [1.29, 1.82) is 0 Å². The minimum Gasteiger partial charge on any atom is -0.273 e. The SMILES string of the molecule is O=C(Cc1cccc2ccccc12)NNC(=O)c1ccc(C(=O)NNC(=O)Cc2cccc3ccccc23)cc1. The summed E-state index contributed by atoms with van der Waals surface area (Å²) in [7, 11) is 0. The summed E-state index contributed by atoms with van der Waals surface area (Å²) in [6.07, 6.45) is 0.208. The lowest BCUT2D eigenvalue weighted by atomic mass is 10.0. The monoisotopic (exact) mass is 530 g/mol. The molecule has 198 valence electrons. The lowest BCUT2D eigenvalue weighted by Gasteiger charge is -2.10. The summed E-state index contributed by atoms with van der Waals surface area (Å²) in [6.45, 7) is 0. The zero-order chi connectivity index (χ0) is 27.9. The van der Waals surface area contributed by atoms with Gasteiger partial charge >= 0.3 is 0 Å². The van der Waals surface area contributed by atoms with Crippen molar-refractivity contribution in [3.05, 3.63) is 131 Å². The lowest BCUT2D eigenvalue weighted by Crippen LogP contribution is -2.43. The third-order valence-corrected chi connectivity index (χ3v) is 6.50. The molecule has 4 N–H and O–H groups in total. The Labute approximate surface area is 230 Å². The number of fused-ring (bicyclic) bond motifs is 2. The molecule has 0 heterocycles. The lowest BCUT2D eigenvalue weighted by molar-refractivity contribution is -0.122. The van der Waals surface area contributed by atoms with Gasteiger partial charge in [0.2, 0.25) is 11.8 Å². The van der Waals surface area contributed by atoms with Gasteiger partial charge in [-0.1, -0.05) is 84.9 Å². The highest BCUT2D eigenvalue weighted by Gasteiger charge is 2.13. The largest absolute Gasteiger partial charge is 0.273 e. The molecule has 0 fully saturated rings. The first-order valence-electron chi connectivity index (χ1n) is 12.7. The quantitative estimate of drug-likeness (QED) is 0.248. The van der Waals surface area contributed by atoms with E-state index in [0.717, 1.165) is 32.7 Å². The van der Waals surface area contributed by atoms with Crippen LogP contribution in [0.3, 0.4) is 0 Å². The van der Waals surface area contributed by atoms with Crippen LogP contribution in [0.4, 0.5) is 0 Å². The molecular formula is C32H26N4O4. The van der Waals surface area contributed by atoms with Gasteiger partial charge in [-0.15, -0.1) is 0 Å². The fourth-order valence-corrected chi connectivity index (χ4v) is 4.50. The van der Waals surface area contributed by atoms with Gasteiger partial charge in [0.25, 0.3) is 11.8 Å². The van der Waals surface area contributed by atoms with Gasteiger partial charge in [-0.2, -0.15) is 0 Å². The van der Waals surface area contributed by atoms with Crippen molar-refractivity contribution in [3.63, 3.8) is 0 Å². The topological polar surface area (TPSA) is 116 Å². The molecule has 0 saturated carbocycles. The molecule has 8 nitrogen and oxygen atoms in total. The molecule has 0 aliphatic heterocycles. The number of rotatable bonds is 6. The zero-order valence-corrected chi connectivity index (χ0v) is 21.4. The summed E-state index contributed by atoms with van der Waals surface area (Å²) < 4.78 is 0. The van der Waals surface area contributed by atoms with Crippen molar-refractivity contribution < 1.29 is 19.2 Å². The molecule has 5 aromatic rings. The summed E-state index contributed by atoms with van der Waals surface area (Å²) in [6, 6.07) is 32.8. The van der Waals surface area contributed by atoms with Crippen LogP contribution in [0.2, 0.25) is 0 Å². The van der Waals surface area contributed by atoms with Crippen molar-refractivity contribution in [1.82, 2.24) is 21.7 Å². The number of hydrazine groups is 2. The molecule has 0 bridgehead atoms. The van der Waals surface area contributed by atoms with Crippen molar-refractivity contribution in [2.24, 2.45) is 0 Å². The van der Waals surface area contributed by atoms with E-state index in [9.17, 15) is 19.2 Å². The highest BCUT2D eigenvalue weighted by molar-refractivity contribution is 5.99. The average molecular weight is 531 g/mol. The molecule has 4 amide bonds. The highest BCUT2D eigenvalue weighted by Crippen LogP contribution is 2.20. The molecule has 0 spiro atoms. The second kappa shape index (κ2) is 11.9. The fourth-order valence-electron chi connectivity index (χ4n) is 4.50.